The lowest BCUT2D eigenvalue weighted by atomic mass is 10.3. The number of imidazole rings is 1. The van der Waals surface area contributed by atoms with E-state index < -0.39 is 17.7 Å². The molecule has 0 aromatic carbocycles. The summed E-state index contributed by atoms with van der Waals surface area (Å²) in [5.41, 5.74) is 0.998. The number of aromatic nitrogens is 4. The van der Waals surface area contributed by atoms with Gasteiger partial charge >= 0.3 is 12.1 Å². The summed E-state index contributed by atoms with van der Waals surface area (Å²) in [6.45, 7) is 3.85. The quantitative estimate of drug-likeness (QED) is 0.607. The maximum atomic E-state index is 12.8. The van der Waals surface area contributed by atoms with Crippen LogP contribution >= 0.6 is 23.4 Å². The monoisotopic (exact) mass is 442 g/mol. The summed E-state index contributed by atoms with van der Waals surface area (Å²) in [7, 11) is 0. The molecule has 3 aromatic heterocycles. The molecule has 0 radical (unpaired) electrons. The van der Waals surface area contributed by atoms with E-state index in [2.05, 4.69) is 15.0 Å². The van der Waals surface area contributed by atoms with Crippen molar-refractivity contribution in [3.63, 3.8) is 0 Å². The number of halogens is 4. The second-order valence-corrected chi connectivity index (χ2v) is 7.44. The first-order chi connectivity index (χ1) is 13.6. The Kier molecular flexibility index (Phi) is 5.85. The van der Waals surface area contributed by atoms with Gasteiger partial charge in [0.05, 0.1) is 28.5 Å². The molecule has 0 unspecified atom stereocenters. The minimum Gasteiger partial charge on any atom is -0.477 e. The fourth-order valence-electron chi connectivity index (χ4n) is 2.48. The van der Waals surface area contributed by atoms with Gasteiger partial charge in [0, 0.05) is 11.9 Å². The Labute approximate surface area is 172 Å². The molecular formula is C18H14ClF3N4O2S. The van der Waals surface area contributed by atoms with Gasteiger partial charge in [-0.25, -0.2) is 19.7 Å². The molecule has 0 saturated heterocycles. The number of nitrogens with zero attached hydrogens (tertiary/aromatic N) is 4. The Morgan fingerprint density at radius 2 is 2.00 bits per heavy atom. The highest BCUT2D eigenvalue weighted by atomic mass is 35.5. The average Bonchev–Trinajstić information content (AvgIpc) is 2.90. The summed E-state index contributed by atoms with van der Waals surface area (Å²) in [5.74, 6) is -1.14. The van der Waals surface area contributed by atoms with E-state index in [1.165, 1.54) is 6.07 Å². The third-order valence-electron chi connectivity index (χ3n) is 4.09. The summed E-state index contributed by atoms with van der Waals surface area (Å²) >= 11 is 7.02. The number of pyridine rings is 2. The zero-order valence-corrected chi connectivity index (χ0v) is 16.7. The maximum Gasteiger partial charge on any atom is 0.417 e. The molecule has 3 rings (SSSR count). The Hall–Kier alpha value is -2.59. The number of aromatic carboxylic acids is 1. The van der Waals surface area contributed by atoms with Crippen molar-refractivity contribution in [1.29, 1.82) is 0 Å². The van der Waals surface area contributed by atoms with Gasteiger partial charge in [-0.1, -0.05) is 17.7 Å². The third kappa shape index (κ3) is 4.70. The predicted molar refractivity (Wildman–Crippen MR) is 100 cm³/mol. The van der Waals surface area contributed by atoms with Gasteiger partial charge in [-0.05, 0) is 43.8 Å². The minimum absolute atomic E-state index is 0.0846. The van der Waals surface area contributed by atoms with Gasteiger partial charge in [0.1, 0.15) is 10.7 Å². The van der Waals surface area contributed by atoms with Crippen molar-refractivity contribution in [2.24, 2.45) is 0 Å². The molecule has 3 heterocycles. The standard InChI is InChI=1S/C18H14ClF3N4O2S/c1-9-10(2)26(8-12-4-3-5-14(25-12)16(27)28)17(24-9)29-15-13(19)6-11(7-23-15)18(20,21)22/h3-7H,8H2,1-2H3,(H,27,28). The molecule has 0 bridgehead atoms. The third-order valence-corrected chi connectivity index (χ3v) is 5.50. The molecule has 29 heavy (non-hydrogen) atoms. The molecular weight excluding hydrogens is 429 g/mol. The number of hydrogen-bond acceptors (Lipinski definition) is 5. The lowest BCUT2D eigenvalue weighted by Gasteiger charge is -2.11. The zero-order valence-electron chi connectivity index (χ0n) is 15.2. The van der Waals surface area contributed by atoms with Crippen LogP contribution in [-0.4, -0.2) is 30.6 Å². The molecule has 0 aliphatic heterocycles. The molecule has 0 spiro atoms. The summed E-state index contributed by atoms with van der Waals surface area (Å²) in [5, 5.41) is 9.60. The second kappa shape index (κ2) is 8.03. The molecule has 0 atom stereocenters. The summed E-state index contributed by atoms with van der Waals surface area (Å²) in [6.07, 6.45) is -3.81. The number of carboxylic acids is 1. The van der Waals surface area contributed by atoms with E-state index in [1.54, 1.807) is 23.6 Å². The molecule has 152 valence electrons. The normalized spacial score (nSPS) is 11.7. The van der Waals surface area contributed by atoms with Crippen LogP contribution in [0.4, 0.5) is 13.2 Å². The largest absolute Gasteiger partial charge is 0.477 e. The van der Waals surface area contributed by atoms with Gasteiger partial charge in [-0.3, -0.25) is 0 Å². The van der Waals surface area contributed by atoms with Crippen LogP contribution in [0.5, 0.6) is 0 Å². The van der Waals surface area contributed by atoms with E-state index in [4.69, 9.17) is 16.7 Å². The molecule has 1 N–H and O–H groups in total. The van der Waals surface area contributed by atoms with Gasteiger partial charge in [0.15, 0.2) is 5.16 Å². The number of carbonyl (C=O) groups is 1. The molecule has 0 aliphatic rings. The molecule has 0 aliphatic carbocycles. The first kappa shape index (κ1) is 21.1. The van der Waals surface area contributed by atoms with Crippen molar-refractivity contribution in [2.75, 3.05) is 0 Å². The van der Waals surface area contributed by atoms with Crippen LogP contribution in [0.15, 0.2) is 40.6 Å². The molecule has 11 heteroatoms. The van der Waals surface area contributed by atoms with Crippen molar-refractivity contribution in [2.45, 2.75) is 36.8 Å². The van der Waals surface area contributed by atoms with Gasteiger partial charge in [0.25, 0.3) is 0 Å². The predicted octanol–water partition coefficient (Wildman–Crippen LogP) is 4.86. The van der Waals surface area contributed by atoms with Crippen molar-refractivity contribution in [1.82, 2.24) is 19.5 Å². The van der Waals surface area contributed by atoms with Crippen LogP contribution < -0.4 is 0 Å². The minimum atomic E-state index is -4.54. The number of alkyl halides is 3. The Morgan fingerprint density at radius 1 is 1.28 bits per heavy atom. The van der Waals surface area contributed by atoms with E-state index >= 15 is 0 Å². The van der Waals surface area contributed by atoms with E-state index in [1.807, 2.05) is 6.92 Å². The summed E-state index contributed by atoms with van der Waals surface area (Å²) in [4.78, 5) is 23.5. The molecule has 0 fully saturated rings. The SMILES string of the molecule is Cc1nc(Sc2ncc(C(F)(F)F)cc2Cl)n(Cc2cccc(C(=O)O)n2)c1C. The zero-order chi connectivity index (χ0) is 21.3. The Bertz CT molecular complexity index is 1090. The first-order valence-corrected chi connectivity index (χ1v) is 9.39. The van der Waals surface area contributed by atoms with Crippen molar-refractivity contribution < 1.29 is 23.1 Å². The second-order valence-electron chi connectivity index (χ2n) is 6.08. The van der Waals surface area contributed by atoms with Gasteiger partial charge < -0.3 is 9.67 Å². The number of rotatable bonds is 5. The highest BCUT2D eigenvalue weighted by Gasteiger charge is 2.31. The summed E-state index contributed by atoms with van der Waals surface area (Å²) in [6, 6.07) is 5.48. The summed E-state index contributed by atoms with van der Waals surface area (Å²) < 4.78 is 40.2. The highest BCUT2D eigenvalue weighted by molar-refractivity contribution is 7.99. The number of hydrogen-bond donors (Lipinski definition) is 1. The van der Waals surface area contributed by atoms with Crippen molar-refractivity contribution in [3.8, 4) is 0 Å². The van der Waals surface area contributed by atoms with Gasteiger partial charge in [0.2, 0.25) is 0 Å². The van der Waals surface area contributed by atoms with E-state index in [9.17, 15) is 18.0 Å². The number of carboxylic acid groups (broad SMARTS) is 1. The highest BCUT2D eigenvalue weighted by Crippen LogP contribution is 2.36. The lowest BCUT2D eigenvalue weighted by molar-refractivity contribution is -0.137. The Balaban J connectivity index is 1.93. The molecule has 6 nitrogen and oxygen atoms in total. The fraction of sp³-hybridized carbons (Fsp3) is 0.222. The number of aryl methyl sites for hydroxylation is 1. The van der Waals surface area contributed by atoms with Crippen LogP contribution in [0.1, 0.15) is 33.1 Å². The maximum absolute atomic E-state index is 12.8. The van der Waals surface area contributed by atoms with Crippen molar-refractivity contribution >= 4 is 29.3 Å². The molecule has 3 aromatic rings. The Morgan fingerprint density at radius 3 is 2.62 bits per heavy atom. The van der Waals surface area contributed by atoms with Crippen LogP contribution in [0, 0.1) is 13.8 Å². The lowest BCUT2D eigenvalue weighted by Crippen LogP contribution is -2.09. The van der Waals surface area contributed by atoms with E-state index in [0.717, 1.165) is 29.7 Å². The smallest absolute Gasteiger partial charge is 0.417 e. The first-order valence-electron chi connectivity index (χ1n) is 8.20. The van der Waals surface area contributed by atoms with Crippen molar-refractivity contribution in [3.05, 3.63) is 63.8 Å². The van der Waals surface area contributed by atoms with Crippen LogP contribution in [0.2, 0.25) is 5.02 Å². The van der Waals surface area contributed by atoms with Crippen LogP contribution in [0.25, 0.3) is 0 Å². The van der Waals surface area contributed by atoms with E-state index in [-0.39, 0.29) is 22.3 Å². The fourth-order valence-corrected chi connectivity index (χ4v) is 3.69. The average molecular weight is 443 g/mol. The topological polar surface area (TPSA) is 80.9 Å². The van der Waals surface area contributed by atoms with E-state index in [0.29, 0.717) is 16.5 Å². The molecule has 0 saturated carbocycles. The van der Waals surface area contributed by atoms with Crippen LogP contribution in [0.3, 0.4) is 0 Å². The van der Waals surface area contributed by atoms with Gasteiger partial charge in [-0.15, -0.1) is 0 Å². The van der Waals surface area contributed by atoms with Crippen LogP contribution in [-0.2, 0) is 12.7 Å². The van der Waals surface area contributed by atoms with Gasteiger partial charge in [-0.2, -0.15) is 13.2 Å². The molecule has 0 amide bonds.